The van der Waals surface area contributed by atoms with Gasteiger partial charge in [-0.15, -0.1) is 0 Å². The zero-order valence-corrected chi connectivity index (χ0v) is 14.5. The van der Waals surface area contributed by atoms with Gasteiger partial charge in [0.05, 0.1) is 11.9 Å². The van der Waals surface area contributed by atoms with Gasteiger partial charge in [-0.25, -0.2) is 4.21 Å². The first-order chi connectivity index (χ1) is 12.1. The fourth-order valence-electron chi connectivity index (χ4n) is 2.56. The molecule has 1 heterocycles. The molecule has 25 heavy (non-hydrogen) atoms. The van der Waals surface area contributed by atoms with Gasteiger partial charge in [0.1, 0.15) is 22.5 Å². The molecule has 2 unspecified atom stereocenters. The lowest BCUT2D eigenvalue weighted by Gasteiger charge is -2.12. The Morgan fingerprint density at radius 3 is 2.76 bits per heavy atom. The Labute approximate surface area is 148 Å². The number of hydrogen-bond acceptors (Lipinski definition) is 5. The highest BCUT2D eigenvalue weighted by molar-refractivity contribution is 7.83. The molecule has 1 amide bonds. The molecular formula is C17H18BNO5S. The summed E-state index contributed by atoms with van der Waals surface area (Å²) in [5.41, 5.74) is 1.32. The highest BCUT2D eigenvalue weighted by Crippen LogP contribution is 2.28. The first-order valence-electron chi connectivity index (χ1n) is 7.95. The minimum atomic E-state index is -1.57. The molecule has 6 nitrogen and oxygen atoms in total. The van der Waals surface area contributed by atoms with Crippen LogP contribution in [-0.2, 0) is 20.4 Å². The molecule has 8 heteroatoms. The van der Waals surface area contributed by atoms with Crippen LogP contribution >= 0.6 is 0 Å². The van der Waals surface area contributed by atoms with Gasteiger partial charge in [-0.2, -0.15) is 0 Å². The second-order valence-electron chi connectivity index (χ2n) is 5.57. The maximum absolute atomic E-state index is 12.0. The molecule has 130 valence electrons. The Kier molecular flexibility index (Phi) is 5.52. The molecule has 3 rings (SSSR count). The smallest absolute Gasteiger partial charge is 0.457 e. The van der Waals surface area contributed by atoms with Gasteiger partial charge >= 0.3 is 7.12 Å². The zero-order valence-electron chi connectivity index (χ0n) is 13.7. The molecule has 1 aliphatic rings. The van der Waals surface area contributed by atoms with Crippen molar-refractivity contribution in [2.24, 2.45) is 0 Å². The first-order valence-corrected chi connectivity index (χ1v) is 9.27. The normalized spacial score (nSPS) is 17.0. The molecule has 0 saturated heterocycles. The Bertz CT molecular complexity index is 786. The Morgan fingerprint density at radius 1 is 1.28 bits per heavy atom. The van der Waals surface area contributed by atoms with Crippen LogP contribution in [0.5, 0.6) is 11.5 Å². The van der Waals surface area contributed by atoms with Crippen LogP contribution in [0.1, 0.15) is 25.0 Å². The molecule has 1 aliphatic heterocycles. The van der Waals surface area contributed by atoms with Crippen molar-refractivity contribution in [3.05, 3.63) is 54.1 Å². The number of amides is 1. The van der Waals surface area contributed by atoms with Gasteiger partial charge < -0.3 is 14.4 Å². The molecule has 2 N–H and O–H groups in total. The number of nitrogens with one attached hydrogen (secondary N) is 1. The molecule has 0 fully saturated rings. The SMILES string of the molecule is CCC(=O)NS(=O)CC1OB(O)c2cc(Oc3ccccc3)ccc21. The van der Waals surface area contributed by atoms with Crippen LogP contribution in [0.2, 0.25) is 0 Å². The van der Waals surface area contributed by atoms with Gasteiger partial charge in [0, 0.05) is 6.42 Å². The monoisotopic (exact) mass is 359 g/mol. The Hall–Kier alpha value is -2.16. The summed E-state index contributed by atoms with van der Waals surface area (Å²) < 4.78 is 25.6. The summed E-state index contributed by atoms with van der Waals surface area (Å²) >= 11 is 0. The number of ether oxygens (including phenoxy) is 1. The third kappa shape index (κ3) is 4.28. The molecule has 2 aromatic rings. The molecule has 2 aromatic carbocycles. The van der Waals surface area contributed by atoms with E-state index >= 15 is 0 Å². The first kappa shape index (κ1) is 17.7. The average molecular weight is 359 g/mol. The van der Waals surface area contributed by atoms with E-state index in [0.29, 0.717) is 17.0 Å². The lowest BCUT2D eigenvalue weighted by molar-refractivity contribution is -0.118. The van der Waals surface area contributed by atoms with E-state index < -0.39 is 24.2 Å². The lowest BCUT2D eigenvalue weighted by Crippen LogP contribution is -2.29. The molecule has 0 radical (unpaired) electrons. The molecule has 0 saturated carbocycles. The van der Waals surface area contributed by atoms with Crippen LogP contribution in [0.3, 0.4) is 0 Å². The van der Waals surface area contributed by atoms with Crippen molar-refractivity contribution < 1.29 is 23.4 Å². The van der Waals surface area contributed by atoms with Crippen molar-refractivity contribution >= 4 is 29.5 Å². The molecule has 2 atom stereocenters. The van der Waals surface area contributed by atoms with E-state index in [1.165, 1.54) is 0 Å². The molecule has 0 bridgehead atoms. The third-order valence-electron chi connectivity index (χ3n) is 3.79. The summed E-state index contributed by atoms with van der Waals surface area (Å²) in [6.07, 6.45) is -0.287. The van der Waals surface area contributed by atoms with E-state index in [4.69, 9.17) is 9.39 Å². The van der Waals surface area contributed by atoms with E-state index in [-0.39, 0.29) is 18.1 Å². The van der Waals surface area contributed by atoms with Gasteiger partial charge in [0.15, 0.2) is 0 Å². The number of carbonyl (C=O) groups excluding carboxylic acids is 1. The number of rotatable bonds is 6. The number of para-hydroxylation sites is 1. The van der Waals surface area contributed by atoms with Gasteiger partial charge in [-0.1, -0.05) is 31.2 Å². The largest absolute Gasteiger partial charge is 0.492 e. The van der Waals surface area contributed by atoms with Crippen molar-refractivity contribution in [3.63, 3.8) is 0 Å². The van der Waals surface area contributed by atoms with Crippen molar-refractivity contribution in [3.8, 4) is 11.5 Å². The van der Waals surface area contributed by atoms with E-state index in [1.807, 2.05) is 30.3 Å². The maximum Gasteiger partial charge on any atom is 0.492 e. The summed E-state index contributed by atoms with van der Waals surface area (Å²) in [5, 5.41) is 10.1. The number of benzene rings is 2. The summed E-state index contributed by atoms with van der Waals surface area (Å²) in [6.45, 7) is 1.69. The predicted octanol–water partition coefficient (Wildman–Crippen LogP) is 1.43. The average Bonchev–Trinajstić information content (AvgIpc) is 2.91. The van der Waals surface area contributed by atoms with Crippen LogP contribution < -0.4 is 14.9 Å². The fourth-order valence-corrected chi connectivity index (χ4v) is 3.57. The van der Waals surface area contributed by atoms with Gasteiger partial charge in [0.25, 0.3) is 0 Å². The van der Waals surface area contributed by atoms with E-state index in [9.17, 15) is 14.0 Å². The Balaban J connectivity index is 1.73. The van der Waals surface area contributed by atoms with Crippen LogP contribution in [-0.4, -0.2) is 28.0 Å². The second kappa shape index (κ2) is 7.82. The van der Waals surface area contributed by atoms with Gasteiger partial charge in [0.2, 0.25) is 5.91 Å². The van der Waals surface area contributed by atoms with Crippen molar-refractivity contribution in [2.75, 3.05) is 5.75 Å². The number of hydrogen-bond donors (Lipinski definition) is 2. The van der Waals surface area contributed by atoms with Crippen LogP contribution in [0.15, 0.2) is 48.5 Å². The summed E-state index contributed by atoms with van der Waals surface area (Å²) in [4.78, 5) is 11.3. The van der Waals surface area contributed by atoms with E-state index in [1.54, 1.807) is 25.1 Å². The highest BCUT2D eigenvalue weighted by atomic mass is 32.2. The standard InChI is InChI=1S/C17H18BNO5S/c1-2-17(20)19-25(22)11-16-14-9-8-13(10-15(14)18(21)24-16)23-12-6-4-3-5-7-12/h3-10,16,21H,2,11H2,1H3,(H,19,20). The van der Waals surface area contributed by atoms with Crippen molar-refractivity contribution in [1.29, 1.82) is 0 Å². The minimum absolute atomic E-state index is 0.0781. The van der Waals surface area contributed by atoms with Crippen molar-refractivity contribution in [1.82, 2.24) is 4.72 Å². The minimum Gasteiger partial charge on any atom is -0.457 e. The molecule has 0 aromatic heterocycles. The molecule has 0 aliphatic carbocycles. The fraction of sp³-hybridized carbons (Fsp3) is 0.235. The van der Waals surface area contributed by atoms with Crippen LogP contribution in [0.4, 0.5) is 0 Å². The lowest BCUT2D eigenvalue weighted by atomic mass is 9.79. The second-order valence-corrected chi connectivity index (χ2v) is 6.80. The van der Waals surface area contributed by atoms with Crippen LogP contribution in [0.25, 0.3) is 0 Å². The van der Waals surface area contributed by atoms with Gasteiger partial charge in [-0.3, -0.25) is 9.52 Å². The Morgan fingerprint density at radius 2 is 2.04 bits per heavy atom. The third-order valence-corrected chi connectivity index (χ3v) is 4.86. The number of fused-ring (bicyclic) bond motifs is 1. The topological polar surface area (TPSA) is 84.9 Å². The molecular weight excluding hydrogens is 341 g/mol. The van der Waals surface area contributed by atoms with Crippen LogP contribution in [0, 0.1) is 0 Å². The highest BCUT2D eigenvalue weighted by Gasteiger charge is 2.36. The van der Waals surface area contributed by atoms with E-state index in [2.05, 4.69) is 4.72 Å². The summed E-state index contributed by atoms with van der Waals surface area (Å²) in [7, 11) is -2.68. The van der Waals surface area contributed by atoms with Gasteiger partial charge in [-0.05, 0) is 35.3 Å². The molecule has 0 spiro atoms. The number of carbonyl (C=O) groups is 1. The van der Waals surface area contributed by atoms with Crippen molar-refractivity contribution in [2.45, 2.75) is 19.4 Å². The summed E-state index contributed by atoms with van der Waals surface area (Å²) in [6, 6.07) is 14.6. The zero-order chi connectivity index (χ0) is 17.8. The maximum atomic E-state index is 12.0. The quantitative estimate of drug-likeness (QED) is 0.763. The van der Waals surface area contributed by atoms with E-state index in [0.717, 1.165) is 5.56 Å². The predicted molar refractivity (Wildman–Crippen MR) is 95.8 cm³/mol. The summed E-state index contributed by atoms with van der Waals surface area (Å²) in [5.74, 6) is 1.06.